The highest BCUT2D eigenvalue weighted by Crippen LogP contribution is 2.43. The summed E-state index contributed by atoms with van der Waals surface area (Å²) in [4.78, 5) is 6.81. The van der Waals surface area contributed by atoms with Crippen LogP contribution in [0.15, 0.2) is 29.3 Å². The molecule has 1 heterocycles. The van der Waals surface area contributed by atoms with Gasteiger partial charge in [-0.3, -0.25) is 4.99 Å². The van der Waals surface area contributed by atoms with Crippen molar-refractivity contribution in [3.63, 3.8) is 0 Å². The number of hydrogen-bond donors (Lipinski definition) is 1. The molecule has 1 aliphatic heterocycles. The van der Waals surface area contributed by atoms with Gasteiger partial charge in [0.25, 0.3) is 0 Å². The van der Waals surface area contributed by atoms with Crippen molar-refractivity contribution in [1.82, 2.24) is 10.2 Å². The van der Waals surface area contributed by atoms with Crippen molar-refractivity contribution in [2.75, 3.05) is 53.6 Å². The maximum absolute atomic E-state index is 13.3. The molecule has 6 heteroatoms. The average Bonchev–Trinajstić information content (AvgIpc) is 3.11. The summed E-state index contributed by atoms with van der Waals surface area (Å²) in [6.45, 7) is 4.89. The first-order valence-electron chi connectivity index (χ1n) is 9.95. The standard InChI is InChI=1S/C21H32FN3O2/c1-23-20(25-11-8-17(14-25)15-27-13-12-26-2)24-16-21(9-3-10-21)18-4-6-19(22)7-5-18/h4-7,17H,3,8-16H2,1-2H3,(H,23,24). The van der Waals surface area contributed by atoms with E-state index in [1.807, 2.05) is 19.2 Å². The van der Waals surface area contributed by atoms with E-state index in [9.17, 15) is 4.39 Å². The van der Waals surface area contributed by atoms with E-state index in [2.05, 4.69) is 15.2 Å². The minimum absolute atomic E-state index is 0.103. The normalized spacial score (nSPS) is 22.0. The zero-order chi connectivity index (χ0) is 19.1. The number of halogens is 1. The third-order valence-corrected chi connectivity index (χ3v) is 5.93. The zero-order valence-electron chi connectivity index (χ0n) is 16.5. The molecule has 1 saturated carbocycles. The number of methoxy groups -OCH3 is 1. The Morgan fingerprint density at radius 1 is 1.30 bits per heavy atom. The molecular weight excluding hydrogens is 345 g/mol. The third kappa shape index (κ3) is 4.99. The lowest BCUT2D eigenvalue weighted by Gasteiger charge is -2.43. The Labute approximate surface area is 161 Å². The van der Waals surface area contributed by atoms with Crippen LogP contribution in [0.1, 0.15) is 31.2 Å². The number of ether oxygens (including phenoxy) is 2. The quantitative estimate of drug-likeness (QED) is 0.430. The molecule has 0 amide bonds. The van der Waals surface area contributed by atoms with Crippen LogP contribution < -0.4 is 5.32 Å². The summed E-state index contributed by atoms with van der Waals surface area (Å²) in [7, 11) is 3.53. The Morgan fingerprint density at radius 3 is 2.70 bits per heavy atom. The first-order valence-corrected chi connectivity index (χ1v) is 9.95. The molecule has 1 saturated heterocycles. The largest absolute Gasteiger partial charge is 0.382 e. The molecule has 5 nitrogen and oxygen atoms in total. The van der Waals surface area contributed by atoms with Gasteiger partial charge in [-0.15, -0.1) is 0 Å². The SMILES string of the molecule is CN=C(NCC1(c2ccc(F)cc2)CCC1)N1CCC(COCCOC)C1. The lowest BCUT2D eigenvalue weighted by molar-refractivity contribution is 0.0536. The van der Waals surface area contributed by atoms with Crippen LogP contribution in [-0.4, -0.2) is 64.5 Å². The molecule has 1 aliphatic carbocycles. The molecule has 0 spiro atoms. The van der Waals surface area contributed by atoms with Gasteiger partial charge in [-0.2, -0.15) is 0 Å². The Hall–Kier alpha value is -1.66. The maximum Gasteiger partial charge on any atom is 0.193 e. The van der Waals surface area contributed by atoms with Gasteiger partial charge >= 0.3 is 0 Å². The van der Waals surface area contributed by atoms with Gasteiger partial charge in [0.1, 0.15) is 5.82 Å². The Kier molecular flexibility index (Phi) is 7.07. The molecule has 1 N–H and O–H groups in total. The predicted molar refractivity (Wildman–Crippen MR) is 106 cm³/mol. The highest BCUT2D eigenvalue weighted by molar-refractivity contribution is 5.80. The molecule has 150 valence electrons. The molecular formula is C21H32FN3O2. The van der Waals surface area contributed by atoms with Gasteiger partial charge < -0.3 is 19.7 Å². The molecule has 1 aromatic rings. The molecule has 27 heavy (non-hydrogen) atoms. The number of aliphatic imine (C=N–C) groups is 1. The van der Waals surface area contributed by atoms with Crippen molar-refractivity contribution in [2.24, 2.45) is 10.9 Å². The van der Waals surface area contributed by atoms with Crippen LogP contribution in [0.2, 0.25) is 0 Å². The van der Waals surface area contributed by atoms with Crippen LogP contribution in [0.3, 0.4) is 0 Å². The monoisotopic (exact) mass is 377 g/mol. The fourth-order valence-corrected chi connectivity index (χ4v) is 4.11. The first kappa shape index (κ1) is 20.1. The number of hydrogen-bond acceptors (Lipinski definition) is 3. The van der Waals surface area contributed by atoms with Crippen molar-refractivity contribution >= 4 is 5.96 Å². The van der Waals surface area contributed by atoms with Gasteiger partial charge in [-0.25, -0.2) is 4.39 Å². The Morgan fingerprint density at radius 2 is 2.07 bits per heavy atom. The summed E-state index contributed by atoms with van der Waals surface area (Å²) < 4.78 is 24.0. The summed E-state index contributed by atoms with van der Waals surface area (Å²) in [5.41, 5.74) is 1.33. The van der Waals surface area contributed by atoms with Crippen LogP contribution in [0.4, 0.5) is 4.39 Å². The highest BCUT2D eigenvalue weighted by atomic mass is 19.1. The van der Waals surface area contributed by atoms with Crippen LogP contribution in [0, 0.1) is 11.7 Å². The van der Waals surface area contributed by atoms with Crippen LogP contribution >= 0.6 is 0 Å². The second kappa shape index (κ2) is 9.51. The lowest BCUT2D eigenvalue weighted by atomic mass is 9.64. The average molecular weight is 378 g/mol. The zero-order valence-corrected chi connectivity index (χ0v) is 16.5. The minimum Gasteiger partial charge on any atom is -0.382 e. The van der Waals surface area contributed by atoms with Gasteiger partial charge in [0.05, 0.1) is 19.8 Å². The van der Waals surface area contributed by atoms with Crippen molar-refractivity contribution < 1.29 is 13.9 Å². The van der Waals surface area contributed by atoms with Crippen molar-refractivity contribution in [2.45, 2.75) is 31.1 Å². The third-order valence-electron chi connectivity index (χ3n) is 5.93. The topological polar surface area (TPSA) is 46.1 Å². The first-order chi connectivity index (χ1) is 13.2. The molecule has 0 bridgehead atoms. The fraction of sp³-hybridized carbons (Fsp3) is 0.667. The van der Waals surface area contributed by atoms with Crippen molar-refractivity contribution in [1.29, 1.82) is 0 Å². The second-order valence-corrected chi connectivity index (χ2v) is 7.71. The predicted octanol–water partition coefficient (Wildman–Crippen LogP) is 2.81. The minimum atomic E-state index is -0.173. The molecule has 1 unspecified atom stereocenters. The van der Waals surface area contributed by atoms with E-state index in [1.165, 1.54) is 12.0 Å². The van der Waals surface area contributed by atoms with Gasteiger partial charge in [0.15, 0.2) is 5.96 Å². The number of likely N-dealkylation sites (tertiary alicyclic amines) is 1. The van der Waals surface area contributed by atoms with E-state index < -0.39 is 0 Å². The number of rotatable bonds is 8. The van der Waals surface area contributed by atoms with Crippen LogP contribution in [0.5, 0.6) is 0 Å². The van der Waals surface area contributed by atoms with E-state index in [0.717, 1.165) is 51.5 Å². The van der Waals surface area contributed by atoms with Gasteiger partial charge in [0.2, 0.25) is 0 Å². The van der Waals surface area contributed by atoms with Crippen LogP contribution in [0.25, 0.3) is 0 Å². The van der Waals surface area contributed by atoms with Gasteiger partial charge in [-0.1, -0.05) is 18.6 Å². The molecule has 0 radical (unpaired) electrons. The molecule has 2 fully saturated rings. The summed E-state index contributed by atoms with van der Waals surface area (Å²) in [6, 6.07) is 7.00. The summed E-state index contributed by atoms with van der Waals surface area (Å²) >= 11 is 0. The van der Waals surface area contributed by atoms with Crippen LogP contribution in [-0.2, 0) is 14.9 Å². The smallest absolute Gasteiger partial charge is 0.193 e. The Bertz CT molecular complexity index is 616. The van der Waals surface area contributed by atoms with E-state index in [1.54, 1.807) is 19.2 Å². The van der Waals surface area contributed by atoms with E-state index in [-0.39, 0.29) is 11.2 Å². The molecule has 1 atom stereocenters. The van der Waals surface area contributed by atoms with Gasteiger partial charge in [-0.05, 0) is 37.0 Å². The summed E-state index contributed by atoms with van der Waals surface area (Å²) in [6.07, 6.45) is 4.62. The van der Waals surface area contributed by atoms with Crippen molar-refractivity contribution in [3.05, 3.63) is 35.6 Å². The number of nitrogens with one attached hydrogen (secondary N) is 1. The molecule has 3 rings (SSSR count). The van der Waals surface area contributed by atoms with E-state index in [0.29, 0.717) is 19.1 Å². The number of benzene rings is 1. The molecule has 1 aromatic carbocycles. The van der Waals surface area contributed by atoms with Crippen molar-refractivity contribution in [3.8, 4) is 0 Å². The summed E-state index contributed by atoms with van der Waals surface area (Å²) in [5.74, 6) is 1.32. The maximum atomic E-state index is 13.3. The number of nitrogens with zero attached hydrogens (tertiary/aromatic N) is 2. The fourth-order valence-electron chi connectivity index (χ4n) is 4.11. The lowest BCUT2D eigenvalue weighted by Crippen LogP contribution is -2.49. The Balaban J connectivity index is 1.51. The number of guanidine groups is 1. The highest BCUT2D eigenvalue weighted by Gasteiger charge is 2.39. The van der Waals surface area contributed by atoms with E-state index >= 15 is 0 Å². The van der Waals surface area contributed by atoms with E-state index in [4.69, 9.17) is 9.47 Å². The molecule has 0 aromatic heterocycles. The molecule has 2 aliphatic rings. The summed E-state index contributed by atoms with van der Waals surface area (Å²) in [5, 5.41) is 3.59. The van der Waals surface area contributed by atoms with Gasteiger partial charge in [0, 0.05) is 45.1 Å². The second-order valence-electron chi connectivity index (χ2n) is 7.71.